The maximum absolute atomic E-state index is 11.1. The van der Waals surface area contributed by atoms with Crippen LogP contribution in [-0.4, -0.2) is 13.0 Å². The van der Waals surface area contributed by atoms with Gasteiger partial charge in [-0.2, -0.15) is 0 Å². The SMILES string of the molecule is CNC(=O)C(N)c1ccccc1.Cl. The molecule has 1 unspecified atom stereocenters. The molecule has 0 aromatic heterocycles. The zero-order valence-electron chi connectivity index (χ0n) is 7.36. The number of amides is 1. The van der Waals surface area contributed by atoms with E-state index in [1.54, 1.807) is 7.05 Å². The number of benzene rings is 1. The Kier molecular flexibility index (Phi) is 5.11. The van der Waals surface area contributed by atoms with Crippen LogP contribution in [0.25, 0.3) is 0 Å². The predicted octanol–water partition coefficient (Wildman–Crippen LogP) is 0.854. The fourth-order valence-electron chi connectivity index (χ4n) is 0.967. The maximum Gasteiger partial charge on any atom is 0.241 e. The van der Waals surface area contributed by atoms with Crippen LogP contribution in [0.5, 0.6) is 0 Å². The van der Waals surface area contributed by atoms with Gasteiger partial charge in [-0.3, -0.25) is 4.79 Å². The van der Waals surface area contributed by atoms with Gasteiger partial charge in [0.15, 0.2) is 0 Å². The maximum atomic E-state index is 11.1. The van der Waals surface area contributed by atoms with Crippen molar-refractivity contribution in [1.29, 1.82) is 0 Å². The summed E-state index contributed by atoms with van der Waals surface area (Å²) in [5.74, 6) is -0.166. The molecule has 0 bridgehead atoms. The first kappa shape index (κ1) is 11.9. The van der Waals surface area contributed by atoms with Crippen molar-refractivity contribution in [2.24, 2.45) is 5.73 Å². The summed E-state index contributed by atoms with van der Waals surface area (Å²) in [4.78, 5) is 11.1. The Labute approximate surface area is 83.7 Å². The lowest BCUT2D eigenvalue weighted by molar-refractivity contribution is -0.121. The predicted molar refractivity (Wildman–Crippen MR) is 54.7 cm³/mol. The van der Waals surface area contributed by atoms with Crippen molar-refractivity contribution in [3.8, 4) is 0 Å². The van der Waals surface area contributed by atoms with Gasteiger partial charge in [-0.05, 0) is 5.56 Å². The number of hydrogen-bond donors (Lipinski definition) is 2. The molecule has 0 heterocycles. The minimum atomic E-state index is -0.559. The number of likely N-dealkylation sites (N-methyl/N-ethyl adjacent to an activating group) is 1. The van der Waals surface area contributed by atoms with Crippen LogP contribution in [0.1, 0.15) is 11.6 Å². The molecule has 0 aliphatic heterocycles. The normalized spacial score (nSPS) is 11.2. The van der Waals surface area contributed by atoms with Gasteiger partial charge < -0.3 is 11.1 Å². The Balaban J connectivity index is 0.00000144. The van der Waals surface area contributed by atoms with Crippen molar-refractivity contribution >= 4 is 18.3 Å². The molecule has 1 atom stereocenters. The summed E-state index contributed by atoms with van der Waals surface area (Å²) in [7, 11) is 1.57. The van der Waals surface area contributed by atoms with E-state index < -0.39 is 6.04 Å². The summed E-state index contributed by atoms with van der Waals surface area (Å²) < 4.78 is 0. The van der Waals surface area contributed by atoms with Crippen LogP contribution in [0, 0.1) is 0 Å². The van der Waals surface area contributed by atoms with Gasteiger partial charge in [-0.1, -0.05) is 30.3 Å². The summed E-state index contributed by atoms with van der Waals surface area (Å²) >= 11 is 0. The van der Waals surface area contributed by atoms with Crippen molar-refractivity contribution in [1.82, 2.24) is 5.32 Å². The highest BCUT2D eigenvalue weighted by molar-refractivity contribution is 5.85. The van der Waals surface area contributed by atoms with E-state index in [2.05, 4.69) is 5.32 Å². The van der Waals surface area contributed by atoms with Gasteiger partial charge in [-0.25, -0.2) is 0 Å². The lowest BCUT2D eigenvalue weighted by Crippen LogP contribution is -2.31. The number of nitrogens with two attached hydrogens (primary N) is 1. The van der Waals surface area contributed by atoms with Gasteiger partial charge in [0.2, 0.25) is 5.91 Å². The largest absolute Gasteiger partial charge is 0.358 e. The van der Waals surface area contributed by atoms with E-state index in [1.165, 1.54) is 0 Å². The third-order valence-electron chi connectivity index (χ3n) is 1.69. The average molecular weight is 201 g/mol. The molecule has 4 heteroatoms. The van der Waals surface area contributed by atoms with Crippen LogP contribution in [0.3, 0.4) is 0 Å². The van der Waals surface area contributed by atoms with Crippen molar-refractivity contribution in [2.75, 3.05) is 7.05 Å². The molecule has 3 nitrogen and oxygen atoms in total. The number of halogens is 1. The van der Waals surface area contributed by atoms with E-state index in [9.17, 15) is 4.79 Å². The summed E-state index contributed by atoms with van der Waals surface area (Å²) in [6.07, 6.45) is 0. The third-order valence-corrected chi connectivity index (χ3v) is 1.69. The highest BCUT2D eigenvalue weighted by Crippen LogP contribution is 2.08. The first-order valence-electron chi connectivity index (χ1n) is 3.78. The molecule has 13 heavy (non-hydrogen) atoms. The molecule has 0 saturated carbocycles. The first-order valence-corrected chi connectivity index (χ1v) is 3.78. The molecule has 72 valence electrons. The molecule has 1 aromatic rings. The van der Waals surface area contributed by atoms with Gasteiger partial charge in [0, 0.05) is 7.05 Å². The van der Waals surface area contributed by atoms with Gasteiger partial charge in [-0.15, -0.1) is 12.4 Å². The number of carbonyl (C=O) groups is 1. The smallest absolute Gasteiger partial charge is 0.241 e. The van der Waals surface area contributed by atoms with Crippen LogP contribution in [0.4, 0.5) is 0 Å². The summed E-state index contributed by atoms with van der Waals surface area (Å²) in [5.41, 5.74) is 6.47. The number of carbonyl (C=O) groups excluding carboxylic acids is 1. The molecule has 1 aromatic carbocycles. The van der Waals surface area contributed by atoms with Crippen molar-refractivity contribution in [3.63, 3.8) is 0 Å². The Morgan fingerprint density at radius 1 is 1.38 bits per heavy atom. The number of rotatable bonds is 2. The monoisotopic (exact) mass is 200 g/mol. The van der Waals surface area contributed by atoms with Gasteiger partial charge in [0.1, 0.15) is 6.04 Å². The second-order valence-electron chi connectivity index (χ2n) is 2.50. The number of hydrogen-bond acceptors (Lipinski definition) is 2. The van der Waals surface area contributed by atoms with Crippen molar-refractivity contribution in [3.05, 3.63) is 35.9 Å². The molecule has 1 amide bonds. The molecule has 0 spiro atoms. The second-order valence-corrected chi connectivity index (χ2v) is 2.50. The van der Waals surface area contributed by atoms with E-state index in [-0.39, 0.29) is 18.3 Å². The molecule has 0 radical (unpaired) electrons. The van der Waals surface area contributed by atoms with E-state index in [1.807, 2.05) is 30.3 Å². The zero-order valence-corrected chi connectivity index (χ0v) is 8.17. The summed E-state index contributed by atoms with van der Waals surface area (Å²) in [6, 6.07) is 8.71. The average Bonchev–Trinajstić information content (AvgIpc) is 2.17. The van der Waals surface area contributed by atoms with Crippen LogP contribution in [0.15, 0.2) is 30.3 Å². The third kappa shape index (κ3) is 3.05. The molecule has 0 aliphatic carbocycles. The van der Waals surface area contributed by atoms with Crippen LogP contribution in [-0.2, 0) is 4.79 Å². The van der Waals surface area contributed by atoms with E-state index in [4.69, 9.17) is 5.73 Å². The van der Waals surface area contributed by atoms with Crippen LogP contribution < -0.4 is 11.1 Å². The van der Waals surface area contributed by atoms with E-state index in [0.717, 1.165) is 5.56 Å². The Morgan fingerprint density at radius 2 is 1.92 bits per heavy atom. The molecule has 3 N–H and O–H groups in total. The molecule has 0 saturated heterocycles. The van der Waals surface area contributed by atoms with E-state index in [0.29, 0.717) is 0 Å². The summed E-state index contributed by atoms with van der Waals surface area (Å²) in [5, 5.41) is 2.50. The van der Waals surface area contributed by atoms with Crippen molar-refractivity contribution in [2.45, 2.75) is 6.04 Å². The quantitative estimate of drug-likeness (QED) is 0.744. The minimum absolute atomic E-state index is 0. The van der Waals surface area contributed by atoms with Gasteiger partial charge in [0.05, 0.1) is 0 Å². The Bertz CT molecular complexity index is 264. The fraction of sp³-hybridized carbons (Fsp3) is 0.222. The lowest BCUT2D eigenvalue weighted by atomic mass is 10.1. The first-order chi connectivity index (χ1) is 5.75. The molecular formula is C9H13ClN2O. The fourth-order valence-corrected chi connectivity index (χ4v) is 0.967. The Hall–Kier alpha value is -1.06. The molecular weight excluding hydrogens is 188 g/mol. The van der Waals surface area contributed by atoms with E-state index >= 15 is 0 Å². The minimum Gasteiger partial charge on any atom is -0.358 e. The topological polar surface area (TPSA) is 55.1 Å². The van der Waals surface area contributed by atoms with Gasteiger partial charge >= 0.3 is 0 Å². The highest BCUT2D eigenvalue weighted by atomic mass is 35.5. The van der Waals surface area contributed by atoms with Crippen molar-refractivity contribution < 1.29 is 4.79 Å². The van der Waals surface area contributed by atoms with Crippen LogP contribution >= 0.6 is 12.4 Å². The lowest BCUT2D eigenvalue weighted by Gasteiger charge is -2.09. The highest BCUT2D eigenvalue weighted by Gasteiger charge is 2.12. The second kappa shape index (κ2) is 5.56. The Morgan fingerprint density at radius 3 is 2.38 bits per heavy atom. The standard InChI is InChI=1S/C9H12N2O.ClH/c1-11-9(12)8(10)7-5-3-2-4-6-7;/h2-6,8H,10H2,1H3,(H,11,12);1H. The number of nitrogens with one attached hydrogen (secondary N) is 1. The molecule has 0 aliphatic rings. The van der Waals surface area contributed by atoms with Gasteiger partial charge in [0.25, 0.3) is 0 Å². The zero-order chi connectivity index (χ0) is 8.97. The van der Waals surface area contributed by atoms with Crippen LogP contribution in [0.2, 0.25) is 0 Å². The molecule has 1 rings (SSSR count). The molecule has 0 fully saturated rings. The summed E-state index contributed by atoms with van der Waals surface area (Å²) in [6.45, 7) is 0.